The van der Waals surface area contributed by atoms with Gasteiger partial charge in [-0.3, -0.25) is 10.2 Å². The molecule has 2 unspecified atom stereocenters. The molecule has 1 saturated carbocycles. The molecule has 3 heterocycles. The van der Waals surface area contributed by atoms with Gasteiger partial charge in [0.1, 0.15) is 17.7 Å². The van der Waals surface area contributed by atoms with Gasteiger partial charge in [0, 0.05) is 56.1 Å². The van der Waals surface area contributed by atoms with E-state index in [0.29, 0.717) is 0 Å². The summed E-state index contributed by atoms with van der Waals surface area (Å²) < 4.78 is 2.21. The van der Waals surface area contributed by atoms with Crippen molar-refractivity contribution in [2.45, 2.75) is 63.8 Å². The fourth-order valence-electron chi connectivity index (χ4n) is 5.70. The maximum Gasteiger partial charge on any atom is 0.144 e. The van der Waals surface area contributed by atoms with Gasteiger partial charge < -0.3 is 14.6 Å². The van der Waals surface area contributed by atoms with Gasteiger partial charge in [-0.05, 0) is 50.4 Å². The summed E-state index contributed by atoms with van der Waals surface area (Å²) in [5.41, 5.74) is 3.64. The number of piperazine rings is 1. The smallest absolute Gasteiger partial charge is 0.144 e. The zero-order valence-electron chi connectivity index (χ0n) is 21.3. The molecule has 1 saturated heterocycles. The third-order valence-corrected chi connectivity index (χ3v) is 7.90. The molecule has 1 aromatic carbocycles. The lowest BCUT2D eigenvalue weighted by molar-refractivity contribution is -0.0687. The third-order valence-electron chi connectivity index (χ3n) is 7.90. The lowest BCUT2D eigenvalue weighted by atomic mass is 9.86. The van der Waals surface area contributed by atoms with Gasteiger partial charge in [0.05, 0.1) is 6.04 Å². The monoisotopic (exact) mass is 476 g/mol. The van der Waals surface area contributed by atoms with E-state index in [-0.39, 0.29) is 6.04 Å². The van der Waals surface area contributed by atoms with Gasteiger partial charge in [-0.1, -0.05) is 44.0 Å². The topological polar surface area (TPSA) is 69.5 Å². The Morgan fingerprint density at radius 2 is 1.91 bits per heavy atom. The predicted octanol–water partition coefficient (Wildman–Crippen LogP) is 4.04. The van der Waals surface area contributed by atoms with Crippen molar-refractivity contribution in [3.05, 3.63) is 48.5 Å². The molecule has 1 aliphatic heterocycles. The average Bonchev–Trinajstić information content (AvgIpc) is 3.26. The molecule has 7 heteroatoms. The van der Waals surface area contributed by atoms with Crippen LogP contribution in [0.15, 0.2) is 43.0 Å². The Morgan fingerprint density at radius 1 is 1.11 bits per heavy atom. The highest BCUT2D eigenvalue weighted by Gasteiger charge is 2.40. The first-order chi connectivity index (χ1) is 17.1. The van der Waals surface area contributed by atoms with E-state index in [9.17, 15) is 5.11 Å². The van der Waals surface area contributed by atoms with Crippen molar-refractivity contribution in [3.63, 3.8) is 0 Å². The van der Waals surface area contributed by atoms with Crippen LogP contribution in [0, 0.1) is 0 Å². The fourth-order valence-corrected chi connectivity index (χ4v) is 5.70. The van der Waals surface area contributed by atoms with Crippen LogP contribution < -0.4 is 5.32 Å². The molecule has 5 rings (SSSR count). The molecule has 7 nitrogen and oxygen atoms in total. The highest BCUT2D eigenvalue weighted by molar-refractivity contribution is 5.93. The fraction of sp³-hybridized carbons (Fsp3) is 0.571. The summed E-state index contributed by atoms with van der Waals surface area (Å²) in [6, 6.07) is 8.91. The van der Waals surface area contributed by atoms with Crippen molar-refractivity contribution in [1.29, 1.82) is 0 Å². The van der Waals surface area contributed by atoms with Gasteiger partial charge in [0.15, 0.2) is 0 Å². The molecule has 2 aromatic heterocycles. The summed E-state index contributed by atoms with van der Waals surface area (Å²) in [5.74, 6) is 0. The summed E-state index contributed by atoms with van der Waals surface area (Å²) >= 11 is 0. The molecule has 0 amide bonds. The minimum atomic E-state index is -0.909. The highest BCUT2D eigenvalue weighted by atomic mass is 16.3. The number of hydrogen-bond acceptors (Lipinski definition) is 6. The number of nitrogens with one attached hydrogen (secondary N) is 1. The second-order valence-electron chi connectivity index (χ2n) is 10.5. The Hall–Kier alpha value is -2.32. The largest absolute Gasteiger partial charge is 0.374 e. The van der Waals surface area contributed by atoms with Crippen molar-refractivity contribution >= 4 is 11.0 Å². The van der Waals surface area contributed by atoms with Gasteiger partial charge in [-0.2, -0.15) is 0 Å². The molecule has 188 valence electrons. The van der Waals surface area contributed by atoms with Crippen LogP contribution in [0.3, 0.4) is 0 Å². The lowest BCUT2D eigenvalue weighted by Gasteiger charge is -2.41. The quantitative estimate of drug-likeness (QED) is 0.378. The van der Waals surface area contributed by atoms with Gasteiger partial charge in [0.25, 0.3) is 0 Å². The Labute approximate surface area is 209 Å². The van der Waals surface area contributed by atoms with Crippen molar-refractivity contribution in [3.8, 4) is 11.1 Å². The van der Waals surface area contributed by atoms with E-state index in [2.05, 4.69) is 74.1 Å². The lowest BCUT2D eigenvalue weighted by Crippen LogP contribution is -2.53. The second kappa shape index (κ2) is 10.7. The molecule has 2 N–H and O–H groups in total. The molecule has 0 bridgehead atoms. The number of rotatable bonds is 8. The Kier molecular flexibility index (Phi) is 7.48. The molecule has 2 fully saturated rings. The van der Waals surface area contributed by atoms with Gasteiger partial charge in [-0.25, -0.2) is 9.97 Å². The summed E-state index contributed by atoms with van der Waals surface area (Å²) in [5, 5.41) is 16.2. The van der Waals surface area contributed by atoms with Crippen molar-refractivity contribution < 1.29 is 5.11 Å². The molecule has 0 spiro atoms. The zero-order chi connectivity index (χ0) is 24.3. The zero-order valence-corrected chi connectivity index (χ0v) is 21.3. The highest BCUT2D eigenvalue weighted by Crippen LogP contribution is 2.40. The summed E-state index contributed by atoms with van der Waals surface area (Å²) in [6.45, 7) is 8.54. The van der Waals surface area contributed by atoms with Crippen LogP contribution in [0.5, 0.6) is 0 Å². The van der Waals surface area contributed by atoms with Crippen LogP contribution in [0.2, 0.25) is 0 Å². The predicted molar refractivity (Wildman–Crippen MR) is 141 cm³/mol. The van der Waals surface area contributed by atoms with E-state index < -0.39 is 5.72 Å². The van der Waals surface area contributed by atoms with E-state index >= 15 is 0 Å². The molecule has 35 heavy (non-hydrogen) atoms. The van der Waals surface area contributed by atoms with Crippen LogP contribution >= 0.6 is 0 Å². The number of unbranched alkanes of at least 4 members (excludes halogenated alkanes) is 1. The summed E-state index contributed by atoms with van der Waals surface area (Å²) in [4.78, 5) is 13.9. The van der Waals surface area contributed by atoms with Crippen molar-refractivity contribution in [2.24, 2.45) is 0 Å². The van der Waals surface area contributed by atoms with Crippen LogP contribution in [-0.4, -0.2) is 74.9 Å². The molecule has 2 aliphatic rings. The van der Waals surface area contributed by atoms with Gasteiger partial charge >= 0.3 is 0 Å². The van der Waals surface area contributed by atoms with Crippen LogP contribution in [0.25, 0.3) is 22.2 Å². The SMILES string of the molecule is CCCCNC1(O)CCCCC1n1cc(-c2ccc(CN3CCN(C)CC3)cc2)c2cncnc21. The Morgan fingerprint density at radius 3 is 2.69 bits per heavy atom. The minimum absolute atomic E-state index is 0.0456. The van der Waals surface area contributed by atoms with Crippen molar-refractivity contribution in [2.75, 3.05) is 39.8 Å². The summed E-state index contributed by atoms with van der Waals surface area (Å²) in [7, 11) is 2.20. The maximum absolute atomic E-state index is 11.7. The van der Waals surface area contributed by atoms with Gasteiger partial charge in [0.2, 0.25) is 0 Å². The first-order valence-electron chi connectivity index (χ1n) is 13.4. The summed E-state index contributed by atoms with van der Waals surface area (Å²) in [6.07, 6.45) is 11.8. The number of hydrogen-bond donors (Lipinski definition) is 2. The number of fused-ring (bicyclic) bond motifs is 1. The first kappa shape index (κ1) is 24.4. The standard InChI is InChI=1S/C28H40N6O/c1-3-4-13-31-28(35)12-6-5-7-26(28)34-20-25(24-18-29-21-30-27(24)34)23-10-8-22(9-11-23)19-33-16-14-32(2)15-17-33/h8-11,18,20-21,26,31,35H,3-7,12-17,19H2,1-2H3. The number of aromatic nitrogens is 3. The molecule has 0 radical (unpaired) electrons. The number of aliphatic hydroxyl groups is 1. The maximum atomic E-state index is 11.7. The number of nitrogens with zero attached hydrogens (tertiary/aromatic N) is 5. The van der Waals surface area contributed by atoms with E-state index in [1.807, 2.05) is 6.20 Å². The molecular weight excluding hydrogens is 436 g/mol. The Balaban J connectivity index is 1.42. The number of benzene rings is 1. The minimum Gasteiger partial charge on any atom is -0.374 e. The Bertz CT molecular complexity index is 1100. The van der Waals surface area contributed by atoms with E-state index in [1.165, 1.54) is 11.1 Å². The first-order valence-corrected chi connectivity index (χ1v) is 13.4. The molecule has 2 atom stereocenters. The average molecular weight is 477 g/mol. The van der Waals surface area contributed by atoms with Crippen LogP contribution in [-0.2, 0) is 6.54 Å². The second-order valence-corrected chi connectivity index (χ2v) is 10.5. The van der Waals surface area contributed by atoms with Crippen molar-refractivity contribution in [1.82, 2.24) is 29.7 Å². The molecule has 1 aliphatic carbocycles. The van der Waals surface area contributed by atoms with Gasteiger partial charge in [-0.15, -0.1) is 0 Å². The molecule has 3 aromatic rings. The number of likely N-dealkylation sites (N-methyl/N-ethyl adjacent to an activating group) is 1. The van der Waals surface area contributed by atoms with E-state index in [4.69, 9.17) is 0 Å². The van der Waals surface area contributed by atoms with Crippen LogP contribution in [0.1, 0.15) is 57.1 Å². The third kappa shape index (κ3) is 5.28. The van der Waals surface area contributed by atoms with E-state index in [0.717, 1.165) is 94.4 Å². The molecular formula is C28H40N6O. The normalized spacial score (nSPS) is 24.3. The van der Waals surface area contributed by atoms with E-state index in [1.54, 1.807) is 6.33 Å². The van der Waals surface area contributed by atoms with Crippen LogP contribution in [0.4, 0.5) is 0 Å².